The highest BCUT2D eigenvalue weighted by Crippen LogP contribution is 2.38. The maximum absolute atomic E-state index is 12.4. The van der Waals surface area contributed by atoms with Gasteiger partial charge in [0, 0.05) is 4.88 Å². The van der Waals surface area contributed by atoms with E-state index in [9.17, 15) is 9.59 Å². The van der Waals surface area contributed by atoms with Gasteiger partial charge in [-0.25, -0.2) is 15.3 Å². The average molecular weight is 412 g/mol. The normalized spacial score (nSPS) is 13.1. The fraction of sp³-hybridized carbons (Fsp3) is 0.467. The van der Waals surface area contributed by atoms with Gasteiger partial charge in [-0.05, 0) is 38.2 Å². The number of hydrogen-bond donors (Lipinski definition) is 4. The van der Waals surface area contributed by atoms with E-state index in [1.807, 2.05) is 0 Å². The van der Waals surface area contributed by atoms with E-state index in [0.717, 1.165) is 52.6 Å². The smallest absolute Gasteiger partial charge is 0.341 e. The molecule has 27 heavy (non-hydrogen) atoms. The lowest BCUT2D eigenvalue weighted by Crippen LogP contribution is -2.20. The number of esters is 1. The quantitative estimate of drug-likeness (QED) is 0.227. The third-order valence-electron chi connectivity index (χ3n) is 4.03. The second-order valence-corrected chi connectivity index (χ2v) is 7.84. The van der Waals surface area contributed by atoms with Gasteiger partial charge < -0.3 is 15.9 Å². The molecule has 10 nitrogen and oxygen atoms in total. The zero-order valence-corrected chi connectivity index (χ0v) is 16.4. The van der Waals surface area contributed by atoms with E-state index in [4.69, 9.17) is 16.4 Å². The number of amides is 1. The van der Waals surface area contributed by atoms with Crippen LogP contribution in [-0.4, -0.2) is 39.1 Å². The standard InChI is InChI=1S/C15H21N7O3S2/c1-2-25-13(24)11-8-5-3-4-6-9(8)27-12(11)18-10(23)7-26-15-21-20-14(19-16)22(15)17/h2-7,16-17H2,1H3,(H,18,23)(H,19,20). The fourth-order valence-corrected chi connectivity index (χ4v) is 4.79. The molecule has 0 unspecified atom stereocenters. The Bertz CT molecular complexity index is 849. The van der Waals surface area contributed by atoms with Crippen LogP contribution in [0.25, 0.3) is 0 Å². The van der Waals surface area contributed by atoms with E-state index in [0.29, 0.717) is 15.7 Å². The number of aromatic nitrogens is 3. The number of anilines is 2. The molecule has 2 aromatic heterocycles. The summed E-state index contributed by atoms with van der Waals surface area (Å²) in [5, 5.41) is 11.3. The SMILES string of the molecule is CCOC(=O)c1c(NC(=O)CSc2nnc(NN)n2N)sc2c1CCCC2. The van der Waals surface area contributed by atoms with E-state index in [-0.39, 0.29) is 30.2 Å². The lowest BCUT2D eigenvalue weighted by Gasteiger charge is -2.12. The van der Waals surface area contributed by atoms with Crippen LogP contribution in [0.15, 0.2) is 5.16 Å². The molecule has 0 aliphatic heterocycles. The van der Waals surface area contributed by atoms with Crippen molar-refractivity contribution in [3.05, 3.63) is 16.0 Å². The molecule has 1 aliphatic rings. The highest BCUT2D eigenvalue weighted by molar-refractivity contribution is 7.99. The Morgan fingerprint density at radius 3 is 2.81 bits per heavy atom. The Morgan fingerprint density at radius 1 is 1.33 bits per heavy atom. The first-order valence-electron chi connectivity index (χ1n) is 8.46. The predicted molar refractivity (Wildman–Crippen MR) is 104 cm³/mol. The van der Waals surface area contributed by atoms with Crippen molar-refractivity contribution < 1.29 is 14.3 Å². The monoisotopic (exact) mass is 411 g/mol. The first-order chi connectivity index (χ1) is 13.0. The van der Waals surface area contributed by atoms with Crippen LogP contribution >= 0.6 is 23.1 Å². The Balaban J connectivity index is 1.72. The number of nitrogens with zero attached hydrogens (tertiary/aromatic N) is 3. The van der Waals surface area contributed by atoms with Crippen LogP contribution in [-0.2, 0) is 22.4 Å². The van der Waals surface area contributed by atoms with Gasteiger partial charge >= 0.3 is 5.97 Å². The van der Waals surface area contributed by atoms with Gasteiger partial charge in [-0.3, -0.25) is 10.2 Å². The minimum atomic E-state index is -0.389. The number of aryl methyl sites for hydroxylation is 1. The van der Waals surface area contributed by atoms with Crippen molar-refractivity contribution >= 4 is 45.9 Å². The lowest BCUT2D eigenvalue weighted by atomic mass is 9.95. The molecule has 0 radical (unpaired) electrons. The fourth-order valence-electron chi connectivity index (χ4n) is 2.84. The second kappa shape index (κ2) is 8.59. The van der Waals surface area contributed by atoms with Crippen LogP contribution in [0.2, 0.25) is 0 Å². The van der Waals surface area contributed by atoms with Gasteiger partial charge in [0.15, 0.2) is 0 Å². The van der Waals surface area contributed by atoms with Crippen LogP contribution in [0.3, 0.4) is 0 Å². The molecular formula is C15H21N7O3S2. The molecule has 12 heteroatoms. The highest BCUT2D eigenvalue weighted by Gasteiger charge is 2.27. The molecule has 2 aromatic rings. The summed E-state index contributed by atoms with van der Waals surface area (Å²) in [5.74, 6) is 10.6. The van der Waals surface area contributed by atoms with Crippen molar-refractivity contribution in [1.82, 2.24) is 14.9 Å². The Labute approximate surface area is 164 Å². The maximum Gasteiger partial charge on any atom is 0.341 e. The van der Waals surface area contributed by atoms with Gasteiger partial charge in [0.2, 0.25) is 11.1 Å². The van der Waals surface area contributed by atoms with Crippen LogP contribution in [0.5, 0.6) is 0 Å². The Kier molecular flexibility index (Phi) is 6.19. The first kappa shape index (κ1) is 19.5. The summed E-state index contributed by atoms with van der Waals surface area (Å²) in [6.45, 7) is 2.05. The molecule has 0 atom stereocenters. The number of thiophene rings is 1. The van der Waals surface area contributed by atoms with Crippen molar-refractivity contribution in [3.8, 4) is 0 Å². The summed E-state index contributed by atoms with van der Waals surface area (Å²) < 4.78 is 6.35. The molecule has 6 N–H and O–H groups in total. The Hall–Kier alpha value is -2.31. The van der Waals surface area contributed by atoms with E-state index in [1.165, 1.54) is 11.3 Å². The summed E-state index contributed by atoms with van der Waals surface area (Å²) >= 11 is 2.57. The molecule has 0 spiro atoms. The molecule has 1 aliphatic carbocycles. The van der Waals surface area contributed by atoms with Gasteiger partial charge in [-0.1, -0.05) is 11.8 Å². The summed E-state index contributed by atoms with van der Waals surface area (Å²) in [6.07, 6.45) is 3.86. The topological polar surface area (TPSA) is 150 Å². The molecule has 0 fully saturated rings. The second-order valence-electron chi connectivity index (χ2n) is 5.79. The predicted octanol–water partition coefficient (Wildman–Crippen LogP) is 1.13. The summed E-state index contributed by atoms with van der Waals surface area (Å²) in [7, 11) is 0. The molecule has 1 amide bonds. The molecule has 0 bridgehead atoms. The van der Waals surface area contributed by atoms with E-state index in [1.54, 1.807) is 6.92 Å². The van der Waals surface area contributed by atoms with Gasteiger partial charge in [-0.2, -0.15) is 0 Å². The molecule has 2 heterocycles. The first-order valence-corrected chi connectivity index (χ1v) is 10.3. The zero-order valence-electron chi connectivity index (χ0n) is 14.8. The average Bonchev–Trinajstić information content (AvgIpc) is 3.19. The number of hydrazine groups is 1. The lowest BCUT2D eigenvalue weighted by molar-refractivity contribution is -0.113. The van der Waals surface area contributed by atoms with E-state index in [2.05, 4.69) is 20.9 Å². The molecule has 0 saturated carbocycles. The number of ether oxygens (including phenoxy) is 1. The van der Waals surface area contributed by atoms with Crippen LogP contribution in [0, 0.1) is 0 Å². The number of hydrogen-bond acceptors (Lipinski definition) is 10. The minimum absolute atomic E-state index is 0.0603. The van der Waals surface area contributed by atoms with Gasteiger partial charge in [0.25, 0.3) is 5.95 Å². The van der Waals surface area contributed by atoms with Crippen LogP contribution in [0.1, 0.15) is 40.6 Å². The minimum Gasteiger partial charge on any atom is -0.462 e. The number of rotatable bonds is 7. The number of fused-ring (bicyclic) bond motifs is 1. The molecule has 0 saturated heterocycles. The van der Waals surface area contributed by atoms with Gasteiger partial charge in [0.1, 0.15) is 5.00 Å². The number of nitrogens with two attached hydrogens (primary N) is 2. The van der Waals surface area contributed by atoms with Crippen molar-refractivity contribution in [2.75, 3.05) is 28.9 Å². The summed E-state index contributed by atoms with van der Waals surface area (Å²) in [4.78, 5) is 26.0. The Morgan fingerprint density at radius 2 is 2.11 bits per heavy atom. The van der Waals surface area contributed by atoms with Gasteiger partial charge in [0.05, 0.1) is 17.9 Å². The number of carbonyl (C=O) groups excluding carboxylic acids is 2. The van der Waals surface area contributed by atoms with E-state index < -0.39 is 0 Å². The summed E-state index contributed by atoms with van der Waals surface area (Å²) in [6, 6.07) is 0. The molecule has 0 aromatic carbocycles. The third kappa shape index (κ3) is 4.17. The molecule has 146 valence electrons. The van der Waals surface area contributed by atoms with Crippen molar-refractivity contribution in [3.63, 3.8) is 0 Å². The van der Waals surface area contributed by atoms with Crippen molar-refractivity contribution in [2.24, 2.45) is 5.84 Å². The third-order valence-corrected chi connectivity index (χ3v) is 6.18. The maximum atomic E-state index is 12.4. The van der Waals surface area contributed by atoms with E-state index >= 15 is 0 Å². The number of thioether (sulfide) groups is 1. The number of nitrogens with one attached hydrogen (secondary N) is 2. The number of nitrogen functional groups attached to an aromatic ring is 2. The highest BCUT2D eigenvalue weighted by atomic mass is 32.2. The molecular weight excluding hydrogens is 390 g/mol. The van der Waals surface area contributed by atoms with Crippen LogP contribution < -0.4 is 22.4 Å². The van der Waals surface area contributed by atoms with Crippen LogP contribution in [0.4, 0.5) is 10.9 Å². The zero-order chi connectivity index (χ0) is 19.4. The van der Waals surface area contributed by atoms with Crippen molar-refractivity contribution in [1.29, 1.82) is 0 Å². The van der Waals surface area contributed by atoms with Crippen molar-refractivity contribution in [2.45, 2.75) is 37.8 Å². The van der Waals surface area contributed by atoms with Gasteiger partial charge in [-0.15, -0.1) is 21.5 Å². The largest absolute Gasteiger partial charge is 0.462 e. The molecule has 3 rings (SSSR count). The summed E-state index contributed by atoms with van der Waals surface area (Å²) in [5.41, 5.74) is 3.80. The number of carbonyl (C=O) groups is 2.